The summed E-state index contributed by atoms with van der Waals surface area (Å²) in [6, 6.07) is 9.51. The summed E-state index contributed by atoms with van der Waals surface area (Å²) >= 11 is 13.4. The first-order valence-corrected chi connectivity index (χ1v) is 7.39. The van der Waals surface area contributed by atoms with Crippen LogP contribution >= 0.6 is 35.0 Å². The summed E-state index contributed by atoms with van der Waals surface area (Å²) in [7, 11) is 0. The fourth-order valence-electron chi connectivity index (χ4n) is 1.42. The first-order valence-electron chi connectivity index (χ1n) is 5.26. The Labute approximate surface area is 120 Å². The number of nitrogens with zero attached hydrogens (tertiary/aromatic N) is 1. The predicted molar refractivity (Wildman–Crippen MR) is 77.1 cm³/mol. The fourth-order valence-corrected chi connectivity index (χ4v) is 2.32. The molecular formula is C13H11Cl2NOS. The highest BCUT2D eigenvalue weighted by molar-refractivity contribution is 7.98. The number of para-hydroxylation sites is 1. The molecule has 0 N–H and O–H groups in total. The van der Waals surface area contributed by atoms with Crippen molar-refractivity contribution in [2.24, 2.45) is 0 Å². The highest BCUT2D eigenvalue weighted by atomic mass is 35.5. The van der Waals surface area contributed by atoms with Gasteiger partial charge < -0.3 is 4.74 Å². The Bertz CT molecular complexity index is 548. The van der Waals surface area contributed by atoms with Gasteiger partial charge in [-0.15, -0.1) is 23.4 Å². The molecule has 0 spiro atoms. The zero-order valence-electron chi connectivity index (χ0n) is 9.69. The van der Waals surface area contributed by atoms with Crippen LogP contribution in [0.4, 0.5) is 0 Å². The normalized spacial score (nSPS) is 10.4. The smallest absolute Gasteiger partial charge is 0.238 e. The quantitative estimate of drug-likeness (QED) is 0.586. The maximum absolute atomic E-state index is 6.10. The zero-order chi connectivity index (χ0) is 13.0. The summed E-state index contributed by atoms with van der Waals surface area (Å²) in [5, 5.41) is 0.462. The van der Waals surface area contributed by atoms with Crippen molar-refractivity contribution < 1.29 is 4.74 Å². The number of ether oxygens (including phenoxy) is 1. The van der Waals surface area contributed by atoms with E-state index in [4.69, 9.17) is 27.9 Å². The van der Waals surface area contributed by atoms with Crippen LogP contribution in [0.3, 0.4) is 0 Å². The second-order valence-corrected chi connectivity index (χ2v) is 5.04. The van der Waals surface area contributed by atoms with Crippen LogP contribution in [0.15, 0.2) is 41.4 Å². The second-order valence-electron chi connectivity index (χ2n) is 3.52. The van der Waals surface area contributed by atoms with Crippen LogP contribution < -0.4 is 4.74 Å². The van der Waals surface area contributed by atoms with Crippen LogP contribution in [0.2, 0.25) is 5.02 Å². The van der Waals surface area contributed by atoms with Crippen molar-refractivity contribution in [1.82, 2.24) is 4.98 Å². The van der Waals surface area contributed by atoms with Crippen LogP contribution in [0, 0.1) is 0 Å². The Hall–Kier alpha value is -0.900. The molecule has 0 atom stereocenters. The number of aromatic nitrogens is 1. The van der Waals surface area contributed by atoms with E-state index in [1.165, 1.54) is 0 Å². The maximum atomic E-state index is 6.10. The van der Waals surface area contributed by atoms with Crippen LogP contribution in [-0.2, 0) is 5.88 Å². The highest BCUT2D eigenvalue weighted by Crippen LogP contribution is 2.33. The molecule has 0 fully saturated rings. The van der Waals surface area contributed by atoms with Gasteiger partial charge in [0.15, 0.2) is 0 Å². The van der Waals surface area contributed by atoms with Crippen molar-refractivity contribution in [3.05, 3.63) is 47.1 Å². The summed E-state index contributed by atoms with van der Waals surface area (Å²) in [4.78, 5) is 5.21. The van der Waals surface area contributed by atoms with E-state index in [1.54, 1.807) is 24.0 Å². The second kappa shape index (κ2) is 6.32. The Morgan fingerprint density at radius 2 is 2.11 bits per heavy atom. The number of rotatable bonds is 4. The van der Waals surface area contributed by atoms with Gasteiger partial charge in [-0.3, -0.25) is 0 Å². The van der Waals surface area contributed by atoms with Gasteiger partial charge in [0.2, 0.25) is 5.88 Å². The van der Waals surface area contributed by atoms with E-state index < -0.39 is 0 Å². The molecule has 2 nitrogen and oxygen atoms in total. The first kappa shape index (κ1) is 13.5. The Morgan fingerprint density at radius 3 is 2.78 bits per heavy atom. The average Bonchev–Trinajstić information content (AvgIpc) is 2.41. The molecule has 0 saturated carbocycles. The third-order valence-electron chi connectivity index (χ3n) is 2.29. The van der Waals surface area contributed by atoms with E-state index in [0.29, 0.717) is 16.8 Å². The molecule has 2 rings (SSSR count). The van der Waals surface area contributed by atoms with E-state index in [0.717, 1.165) is 16.2 Å². The first-order chi connectivity index (χ1) is 8.74. The topological polar surface area (TPSA) is 22.1 Å². The molecule has 18 heavy (non-hydrogen) atoms. The number of pyridine rings is 1. The molecule has 0 aliphatic carbocycles. The van der Waals surface area contributed by atoms with Gasteiger partial charge in [-0.1, -0.05) is 23.7 Å². The van der Waals surface area contributed by atoms with Gasteiger partial charge in [-0.05, 0) is 30.0 Å². The minimum absolute atomic E-state index is 0.383. The molecule has 0 unspecified atom stereocenters. The van der Waals surface area contributed by atoms with E-state index in [-0.39, 0.29) is 0 Å². The van der Waals surface area contributed by atoms with Crippen molar-refractivity contribution in [1.29, 1.82) is 0 Å². The van der Waals surface area contributed by atoms with Gasteiger partial charge in [0.1, 0.15) is 10.8 Å². The number of alkyl halides is 1. The molecule has 1 aromatic heterocycles. The van der Waals surface area contributed by atoms with Crippen molar-refractivity contribution in [3.63, 3.8) is 0 Å². The molecule has 1 aromatic carbocycles. The highest BCUT2D eigenvalue weighted by Gasteiger charge is 2.08. The van der Waals surface area contributed by atoms with Crippen LogP contribution in [0.1, 0.15) is 5.56 Å². The largest absolute Gasteiger partial charge is 0.436 e. The van der Waals surface area contributed by atoms with Crippen molar-refractivity contribution in [2.45, 2.75) is 10.8 Å². The van der Waals surface area contributed by atoms with Gasteiger partial charge in [0.05, 0.1) is 0 Å². The summed E-state index contributed by atoms with van der Waals surface area (Å²) < 4.78 is 5.72. The lowest BCUT2D eigenvalue weighted by Crippen LogP contribution is -1.92. The van der Waals surface area contributed by atoms with Crippen molar-refractivity contribution in [2.75, 3.05) is 6.26 Å². The third kappa shape index (κ3) is 3.10. The molecule has 0 radical (unpaired) electrons. The number of benzene rings is 1. The van der Waals surface area contributed by atoms with Crippen LogP contribution in [-0.4, -0.2) is 11.2 Å². The molecule has 2 aromatic rings. The molecular weight excluding hydrogens is 289 g/mol. The minimum Gasteiger partial charge on any atom is -0.436 e. The predicted octanol–water partition coefficient (Wildman–Crippen LogP) is 4.99. The average molecular weight is 300 g/mol. The van der Waals surface area contributed by atoms with Gasteiger partial charge in [-0.2, -0.15) is 0 Å². The molecule has 0 aliphatic heterocycles. The van der Waals surface area contributed by atoms with Crippen LogP contribution in [0.25, 0.3) is 0 Å². The van der Waals surface area contributed by atoms with E-state index in [1.807, 2.05) is 30.5 Å². The molecule has 5 heteroatoms. The number of hydrogen-bond donors (Lipinski definition) is 0. The maximum Gasteiger partial charge on any atom is 0.238 e. The van der Waals surface area contributed by atoms with Gasteiger partial charge in [-0.25, -0.2) is 4.98 Å². The Morgan fingerprint density at radius 1 is 1.33 bits per heavy atom. The number of thioether (sulfide) groups is 1. The molecule has 0 saturated heterocycles. The lowest BCUT2D eigenvalue weighted by atomic mass is 10.3. The summed E-state index contributed by atoms with van der Waals surface area (Å²) in [6.07, 6.45) is 3.66. The Kier molecular flexibility index (Phi) is 4.75. The van der Waals surface area contributed by atoms with Gasteiger partial charge >= 0.3 is 0 Å². The standard InChI is InChI=1S/C13H11Cl2NOS/c1-18-12-5-3-2-4-11(12)17-13-10(15)6-9(7-14)8-16-13/h2-6,8H,7H2,1H3. The van der Waals surface area contributed by atoms with E-state index >= 15 is 0 Å². The SMILES string of the molecule is CSc1ccccc1Oc1ncc(CCl)cc1Cl. The summed E-state index contributed by atoms with van der Waals surface area (Å²) in [6.45, 7) is 0. The lowest BCUT2D eigenvalue weighted by molar-refractivity contribution is 0.452. The molecule has 94 valence electrons. The summed E-state index contributed by atoms with van der Waals surface area (Å²) in [5.41, 5.74) is 0.868. The van der Waals surface area contributed by atoms with Gasteiger partial charge in [0, 0.05) is 17.0 Å². The fraction of sp³-hybridized carbons (Fsp3) is 0.154. The molecule has 1 heterocycles. The monoisotopic (exact) mass is 299 g/mol. The van der Waals surface area contributed by atoms with E-state index in [2.05, 4.69) is 4.98 Å². The Balaban J connectivity index is 2.28. The van der Waals surface area contributed by atoms with E-state index in [9.17, 15) is 0 Å². The summed E-state index contributed by atoms with van der Waals surface area (Å²) in [5.74, 6) is 1.53. The molecule has 0 amide bonds. The number of hydrogen-bond acceptors (Lipinski definition) is 3. The zero-order valence-corrected chi connectivity index (χ0v) is 12.0. The van der Waals surface area contributed by atoms with Crippen molar-refractivity contribution >= 4 is 35.0 Å². The molecule has 0 aliphatic rings. The third-order valence-corrected chi connectivity index (χ3v) is 3.65. The number of halogens is 2. The minimum atomic E-state index is 0.383. The van der Waals surface area contributed by atoms with Crippen LogP contribution in [0.5, 0.6) is 11.6 Å². The van der Waals surface area contributed by atoms with Crippen molar-refractivity contribution in [3.8, 4) is 11.6 Å². The van der Waals surface area contributed by atoms with Gasteiger partial charge in [0.25, 0.3) is 0 Å². The molecule has 0 bridgehead atoms. The lowest BCUT2D eigenvalue weighted by Gasteiger charge is -2.10.